The Kier molecular flexibility index (Phi) is 4.88. The van der Waals surface area contributed by atoms with Gasteiger partial charge in [-0.25, -0.2) is 4.79 Å². The monoisotopic (exact) mass is 314 g/mol. The fourth-order valence-electron chi connectivity index (χ4n) is 1.68. The highest BCUT2D eigenvalue weighted by molar-refractivity contribution is 5.97. The summed E-state index contributed by atoms with van der Waals surface area (Å²) in [5.74, 6) is -2.63. The van der Waals surface area contributed by atoms with E-state index in [-0.39, 0.29) is 5.69 Å². The minimum atomic E-state index is -1.26. The largest absolute Gasteiger partial charge is 0.478 e. The Bertz CT molecular complexity index is 762. The molecule has 0 bridgehead atoms. The molecule has 0 unspecified atom stereocenters. The molecule has 0 aliphatic heterocycles. The highest BCUT2D eigenvalue weighted by atomic mass is 16.4. The number of hydrogen-bond donors (Lipinski definition) is 4. The van der Waals surface area contributed by atoms with Crippen LogP contribution in [0.15, 0.2) is 42.5 Å². The number of carbonyl (C=O) groups excluding carboxylic acids is 2. The Balaban J connectivity index is 1.97. The first-order valence-electron chi connectivity index (χ1n) is 6.59. The normalized spacial score (nSPS) is 10.5. The van der Waals surface area contributed by atoms with Crippen molar-refractivity contribution in [3.63, 3.8) is 0 Å². The average Bonchev–Trinajstić information content (AvgIpc) is 3.01. The minimum absolute atomic E-state index is 0.156. The maximum Gasteiger partial charge on any atom is 0.328 e. The molecule has 0 spiro atoms. The van der Waals surface area contributed by atoms with Gasteiger partial charge in [0.05, 0.1) is 5.69 Å². The number of hydrogen-bond acceptors (Lipinski definition) is 4. The van der Waals surface area contributed by atoms with Crippen molar-refractivity contribution in [2.45, 2.75) is 6.92 Å². The molecule has 118 valence electrons. The number of nitrogens with zero attached hydrogens (tertiary/aromatic N) is 1. The van der Waals surface area contributed by atoms with E-state index in [1.165, 1.54) is 0 Å². The molecular formula is C15H14N4O4. The summed E-state index contributed by atoms with van der Waals surface area (Å²) in [6.07, 6.45) is 1.44. The van der Waals surface area contributed by atoms with E-state index in [1.54, 1.807) is 6.07 Å². The first kappa shape index (κ1) is 16.0. The third-order valence-corrected chi connectivity index (χ3v) is 2.85. The maximum absolute atomic E-state index is 11.8. The molecule has 1 aromatic carbocycles. The van der Waals surface area contributed by atoms with E-state index in [4.69, 9.17) is 5.11 Å². The number of hydrazine groups is 1. The molecule has 8 nitrogen and oxygen atoms in total. The molecule has 0 fully saturated rings. The second-order valence-corrected chi connectivity index (χ2v) is 4.65. The zero-order valence-corrected chi connectivity index (χ0v) is 12.2. The van der Waals surface area contributed by atoms with E-state index in [1.807, 2.05) is 31.2 Å². The van der Waals surface area contributed by atoms with Gasteiger partial charge in [0.25, 0.3) is 11.8 Å². The number of nitrogens with one attached hydrogen (secondary N) is 3. The summed E-state index contributed by atoms with van der Waals surface area (Å²) in [6, 6.07) is 9.16. The second-order valence-electron chi connectivity index (χ2n) is 4.65. The lowest BCUT2D eigenvalue weighted by atomic mass is 10.1. The number of H-pyrrole nitrogens is 1. The number of rotatable bonds is 4. The minimum Gasteiger partial charge on any atom is -0.478 e. The molecule has 1 heterocycles. The molecule has 0 saturated heterocycles. The number of aliphatic carboxylic acids is 1. The topological polar surface area (TPSA) is 124 Å². The second kappa shape index (κ2) is 7.03. The van der Waals surface area contributed by atoms with Crippen molar-refractivity contribution >= 4 is 17.8 Å². The van der Waals surface area contributed by atoms with Crippen molar-refractivity contribution in [3.05, 3.63) is 53.7 Å². The lowest BCUT2D eigenvalue weighted by molar-refractivity contribution is -0.131. The van der Waals surface area contributed by atoms with Crippen molar-refractivity contribution in [2.75, 3.05) is 0 Å². The SMILES string of the molecule is Cc1ccc(-c2cc(C(=O)NNC(=O)/C=C\C(=O)O)[nH]n2)cc1. The smallest absolute Gasteiger partial charge is 0.328 e. The van der Waals surface area contributed by atoms with Gasteiger partial charge in [-0.1, -0.05) is 29.8 Å². The first-order chi connectivity index (χ1) is 11.0. The van der Waals surface area contributed by atoms with Gasteiger partial charge in [0.2, 0.25) is 0 Å². The van der Waals surface area contributed by atoms with Crippen LogP contribution in [0.4, 0.5) is 0 Å². The van der Waals surface area contributed by atoms with Crippen LogP contribution >= 0.6 is 0 Å². The number of amides is 2. The fraction of sp³-hybridized carbons (Fsp3) is 0.0667. The molecule has 8 heteroatoms. The Morgan fingerprint density at radius 1 is 1.13 bits per heavy atom. The van der Waals surface area contributed by atoms with E-state index in [2.05, 4.69) is 21.0 Å². The molecule has 2 rings (SSSR count). The van der Waals surface area contributed by atoms with Crippen LogP contribution in [-0.2, 0) is 9.59 Å². The van der Waals surface area contributed by atoms with E-state index in [9.17, 15) is 14.4 Å². The van der Waals surface area contributed by atoms with Crippen molar-refractivity contribution in [1.29, 1.82) is 0 Å². The number of carboxylic acid groups (broad SMARTS) is 1. The van der Waals surface area contributed by atoms with Gasteiger partial charge in [0.1, 0.15) is 5.69 Å². The van der Waals surface area contributed by atoms with Crippen LogP contribution in [0.5, 0.6) is 0 Å². The predicted molar refractivity (Wildman–Crippen MR) is 81.1 cm³/mol. The molecular weight excluding hydrogens is 300 g/mol. The van der Waals surface area contributed by atoms with Crippen molar-refractivity contribution in [3.8, 4) is 11.3 Å². The molecule has 2 aromatic rings. The lowest BCUT2D eigenvalue weighted by Gasteiger charge is -2.02. The molecule has 0 radical (unpaired) electrons. The van der Waals surface area contributed by atoms with Gasteiger partial charge in [0, 0.05) is 17.7 Å². The quantitative estimate of drug-likeness (QED) is 0.490. The standard InChI is InChI=1S/C15H14N4O4/c1-9-2-4-10(5-3-9)11-8-12(17-16-11)15(23)19-18-13(20)6-7-14(21)22/h2-8H,1H3,(H,16,17)(H,18,20)(H,19,23)(H,21,22)/b7-6-. The van der Waals surface area contributed by atoms with E-state index >= 15 is 0 Å². The van der Waals surface area contributed by atoms with E-state index in [0.29, 0.717) is 11.8 Å². The molecule has 1 aromatic heterocycles. The van der Waals surface area contributed by atoms with Crippen molar-refractivity contribution < 1.29 is 19.5 Å². The van der Waals surface area contributed by atoms with Gasteiger partial charge in [-0.2, -0.15) is 5.10 Å². The summed E-state index contributed by atoms with van der Waals surface area (Å²) in [7, 11) is 0. The highest BCUT2D eigenvalue weighted by Crippen LogP contribution is 2.17. The maximum atomic E-state index is 11.8. The third-order valence-electron chi connectivity index (χ3n) is 2.85. The van der Waals surface area contributed by atoms with Crippen LogP contribution < -0.4 is 10.9 Å². The van der Waals surface area contributed by atoms with Crippen LogP contribution in [0.1, 0.15) is 16.1 Å². The Morgan fingerprint density at radius 3 is 2.48 bits per heavy atom. The molecule has 0 aliphatic carbocycles. The summed E-state index contributed by atoms with van der Waals surface area (Å²) in [6.45, 7) is 1.97. The van der Waals surface area contributed by atoms with E-state index < -0.39 is 17.8 Å². The number of aromatic nitrogens is 2. The summed E-state index contributed by atoms with van der Waals surface area (Å²) in [4.78, 5) is 33.3. The Morgan fingerprint density at radius 2 is 1.83 bits per heavy atom. The molecule has 23 heavy (non-hydrogen) atoms. The zero-order chi connectivity index (χ0) is 16.8. The predicted octanol–water partition coefficient (Wildman–Crippen LogP) is 0.787. The van der Waals surface area contributed by atoms with Gasteiger partial charge < -0.3 is 5.11 Å². The molecule has 0 aliphatic rings. The van der Waals surface area contributed by atoms with Crippen molar-refractivity contribution in [1.82, 2.24) is 21.0 Å². The van der Waals surface area contributed by atoms with Crippen molar-refractivity contribution in [2.24, 2.45) is 0 Å². The van der Waals surface area contributed by atoms with Crippen LogP contribution in [-0.4, -0.2) is 33.1 Å². The fourth-order valence-corrected chi connectivity index (χ4v) is 1.68. The molecule has 0 atom stereocenters. The van der Waals surface area contributed by atoms with Crippen LogP contribution in [0.2, 0.25) is 0 Å². The number of carbonyl (C=O) groups is 3. The lowest BCUT2D eigenvalue weighted by Crippen LogP contribution is -2.41. The van der Waals surface area contributed by atoms with Crippen LogP contribution in [0.25, 0.3) is 11.3 Å². The van der Waals surface area contributed by atoms with Gasteiger partial charge >= 0.3 is 5.97 Å². The number of benzene rings is 1. The third kappa shape index (κ3) is 4.53. The number of aryl methyl sites for hydroxylation is 1. The first-order valence-corrected chi connectivity index (χ1v) is 6.59. The van der Waals surface area contributed by atoms with Gasteiger partial charge in [0.15, 0.2) is 0 Å². The summed E-state index contributed by atoms with van der Waals surface area (Å²) >= 11 is 0. The summed E-state index contributed by atoms with van der Waals surface area (Å²) < 4.78 is 0. The number of carboxylic acids is 1. The van der Waals surface area contributed by atoms with Crippen LogP contribution in [0.3, 0.4) is 0 Å². The Hall–Kier alpha value is -3.42. The summed E-state index contributed by atoms with van der Waals surface area (Å²) in [5.41, 5.74) is 6.90. The molecule has 0 saturated carbocycles. The molecule has 4 N–H and O–H groups in total. The average molecular weight is 314 g/mol. The molecule has 2 amide bonds. The summed E-state index contributed by atoms with van der Waals surface area (Å²) in [5, 5.41) is 15.0. The van der Waals surface area contributed by atoms with Crippen LogP contribution in [0, 0.1) is 6.92 Å². The number of aromatic amines is 1. The highest BCUT2D eigenvalue weighted by Gasteiger charge is 2.11. The van der Waals surface area contributed by atoms with Gasteiger partial charge in [-0.15, -0.1) is 0 Å². The Labute approximate surface area is 131 Å². The van der Waals surface area contributed by atoms with Gasteiger partial charge in [-0.05, 0) is 13.0 Å². The zero-order valence-electron chi connectivity index (χ0n) is 12.2. The van der Waals surface area contributed by atoms with Gasteiger partial charge in [-0.3, -0.25) is 25.5 Å². The van der Waals surface area contributed by atoms with E-state index in [0.717, 1.165) is 17.2 Å².